The predicted molar refractivity (Wildman–Crippen MR) is 376 cm³/mol. The van der Waals surface area contributed by atoms with Gasteiger partial charge >= 0.3 is 5.97 Å². The number of phenols is 3. The lowest BCUT2D eigenvalue weighted by Crippen LogP contribution is -2.64. The van der Waals surface area contributed by atoms with Gasteiger partial charge in [-0.25, -0.2) is 4.79 Å². The number of phenolic OH excluding ortho intramolecular Hbond substituents is 3. The molecule has 8 aliphatic rings. The lowest BCUT2D eigenvalue weighted by atomic mass is 9.86. The number of carboxylic acids is 1. The number of aliphatic hydroxyl groups excluding tert-OH is 8. The molecule has 23 atom stereocenters. The number of aromatic hydroxyl groups is 3. The highest BCUT2D eigenvalue weighted by atomic mass is 35.5. The maximum atomic E-state index is 16.3. The van der Waals surface area contributed by atoms with Gasteiger partial charge in [0, 0.05) is 34.7 Å². The minimum Gasteiger partial charge on any atom is -0.508 e. The highest BCUT2D eigenvalue weighted by Crippen LogP contribution is 2.49. The Morgan fingerprint density at radius 3 is 1.97 bits per heavy atom. The second kappa shape index (κ2) is 33.1. The molecule has 0 spiro atoms. The Morgan fingerprint density at radius 2 is 1.33 bits per heavy atom. The number of primary amides is 1. The zero-order chi connectivity index (χ0) is 80.0. The third-order valence-corrected chi connectivity index (χ3v) is 20.1. The summed E-state index contributed by atoms with van der Waals surface area (Å²) in [5, 5.41) is 153. The molecular weight excluding hydrogens is 1470 g/mol. The van der Waals surface area contributed by atoms with Crippen LogP contribution in [0.3, 0.4) is 0 Å². The summed E-state index contributed by atoms with van der Waals surface area (Å²) in [6.45, 7) is 6.83. The van der Waals surface area contributed by atoms with E-state index in [9.17, 15) is 80.5 Å². The quantitative estimate of drug-likeness (QED) is 0.0556. The number of nitrogens with one attached hydrogen (secondary N) is 7. The van der Waals surface area contributed by atoms with E-state index in [0.717, 1.165) is 48.5 Å². The molecule has 11 bridgehead atoms. The van der Waals surface area contributed by atoms with Gasteiger partial charge in [-0.1, -0.05) is 49.7 Å². The monoisotopic (exact) mass is 1560 g/mol. The summed E-state index contributed by atoms with van der Waals surface area (Å²) >= 11 is 7.10. The number of carboxylic acid groups (broad SMARTS) is 1. The summed E-state index contributed by atoms with van der Waals surface area (Å²) in [7, 11) is 1.46. The van der Waals surface area contributed by atoms with Crippen molar-refractivity contribution in [1.29, 1.82) is 0 Å². The van der Waals surface area contributed by atoms with Gasteiger partial charge in [-0.05, 0) is 117 Å². The number of amides is 7. The summed E-state index contributed by atoms with van der Waals surface area (Å²) in [6, 6.07) is 0.905. The first-order chi connectivity index (χ1) is 51.9. The Morgan fingerprint density at radius 1 is 0.673 bits per heavy atom. The molecule has 8 aliphatic heterocycles. The van der Waals surface area contributed by atoms with Crippen molar-refractivity contribution in [3.8, 4) is 57.1 Å². The molecule has 37 nitrogen and oxygen atoms in total. The van der Waals surface area contributed by atoms with Crippen molar-refractivity contribution in [3.63, 3.8) is 0 Å². The molecule has 5 aromatic carbocycles. The number of hydrogen-bond acceptors (Lipinski definition) is 29. The van der Waals surface area contributed by atoms with Crippen LogP contribution < -0.4 is 62.9 Å². The molecule has 594 valence electrons. The van der Waals surface area contributed by atoms with Gasteiger partial charge in [0.05, 0.1) is 42.4 Å². The highest BCUT2D eigenvalue weighted by Gasteiger charge is 2.53. The number of carbonyl (C=O) groups excluding carboxylic acids is 7. The number of aliphatic hydroxyl groups is 8. The number of rotatable bonds is 15. The molecular formula is C72H86ClN9O28. The van der Waals surface area contributed by atoms with E-state index in [1.807, 2.05) is 13.8 Å². The third kappa shape index (κ3) is 17.1. The van der Waals surface area contributed by atoms with E-state index >= 15 is 19.2 Å². The highest BCUT2D eigenvalue weighted by molar-refractivity contribution is 6.32. The Bertz CT molecular complexity index is 4330. The molecule has 23 N–H and O–H groups in total. The number of hydrogen-bond donors (Lipinski definition) is 21. The number of likely N-dealkylation sites (N-methyl/N-ethyl adjacent to an activating group) is 1. The fraction of sp³-hybridized carbons (Fsp3) is 0.472. The van der Waals surface area contributed by atoms with E-state index in [0.29, 0.717) is 0 Å². The predicted octanol–water partition coefficient (Wildman–Crippen LogP) is -1.70. The zero-order valence-electron chi connectivity index (χ0n) is 59.6. The molecule has 21 unspecified atom stereocenters. The van der Waals surface area contributed by atoms with E-state index in [1.165, 1.54) is 64.2 Å². The first kappa shape index (κ1) is 81.3. The van der Waals surface area contributed by atoms with Gasteiger partial charge in [-0.2, -0.15) is 0 Å². The number of carbonyl (C=O) groups is 8. The average molecular weight is 1560 g/mol. The van der Waals surface area contributed by atoms with Crippen LogP contribution in [0.15, 0.2) is 84.9 Å². The smallest absolute Gasteiger partial charge is 0.330 e. The van der Waals surface area contributed by atoms with Crippen molar-refractivity contribution in [2.45, 2.75) is 194 Å². The third-order valence-electron chi connectivity index (χ3n) is 19.8. The SMILES string of the molecule is CNC(CC(C)C)C(=O)NC1C(=O)NC(CC(N)=O)C(=O)NC2C(=O)NC3C(=O)NC(C(=O)NC(C(=O)O)c4cc(O)cc(O)c4-c4cc3ccc4O)[C@H](OC3CC(C)(N)C(O)C(C)O3)c3ccc(cc3)Oc3cc2cc(c3OC2OC(CO)C(O)C(O)C2OC2OC(C)C(O)C(O)C2O)Oc2ccc(cc2Cl)[C@H]1O. The summed E-state index contributed by atoms with van der Waals surface area (Å²) in [5.41, 5.74) is 8.22. The number of benzene rings is 5. The Balaban J connectivity index is 1.18. The molecule has 3 saturated heterocycles. The molecule has 8 heterocycles. The fourth-order valence-electron chi connectivity index (χ4n) is 13.9. The summed E-state index contributed by atoms with van der Waals surface area (Å²) in [6.07, 6.45) is -28.3. The van der Waals surface area contributed by atoms with Crippen LogP contribution in [0.5, 0.6) is 46.0 Å². The van der Waals surface area contributed by atoms with Crippen LogP contribution in [-0.4, -0.2) is 232 Å². The van der Waals surface area contributed by atoms with Crippen molar-refractivity contribution in [2.75, 3.05) is 13.7 Å². The van der Waals surface area contributed by atoms with Crippen LogP contribution in [-0.2, 0) is 62.0 Å². The van der Waals surface area contributed by atoms with Gasteiger partial charge in [0.15, 0.2) is 36.2 Å². The number of nitrogens with two attached hydrogens (primary N) is 2. The normalized spacial score (nSPS) is 32.2. The summed E-state index contributed by atoms with van der Waals surface area (Å²) < 4.78 is 50.8. The molecule has 110 heavy (non-hydrogen) atoms. The van der Waals surface area contributed by atoms with Gasteiger partial charge in [-0.3, -0.25) is 33.6 Å². The number of aliphatic carboxylic acids is 1. The van der Waals surface area contributed by atoms with Crippen LogP contribution in [0, 0.1) is 5.92 Å². The van der Waals surface area contributed by atoms with Gasteiger partial charge in [0.25, 0.3) is 0 Å². The van der Waals surface area contributed by atoms with E-state index in [2.05, 4.69) is 37.2 Å². The molecule has 0 saturated carbocycles. The van der Waals surface area contributed by atoms with Crippen molar-refractivity contribution in [2.24, 2.45) is 17.4 Å². The van der Waals surface area contributed by atoms with Crippen LogP contribution in [0.2, 0.25) is 5.02 Å². The zero-order valence-corrected chi connectivity index (χ0v) is 60.4. The number of halogens is 1. The van der Waals surface area contributed by atoms with Crippen LogP contribution >= 0.6 is 11.6 Å². The minimum atomic E-state index is -2.38. The van der Waals surface area contributed by atoms with Crippen LogP contribution in [0.1, 0.15) is 112 Å². The van der Waals surface area contributed by atoms with Crippen LogP contribution in [0.25, 0.3) is 11.1 Å². The van der Waals surface area contributed by atoms with Crippen molar-refractivity contribution in [3.05, 3.63) is 118 Å². The largest absolute Gasteiger partial charge is 0.508 e. The molecule has 13 rings (SSSR count). The summed E-state index contributed by atoms with van der Waals surface area (Å²) in [4.78, 5) is 119. The standard InChI is InChI=1S/C72H86ClN9O28/c1-25(2)15-37(76-6)63(95)81-51-54(89)30-10-14-41(36(73)17-30)106-43-19-31-18-42(60(43)109-71-61(57(92)55(90)44(24-83)107-71)110-70-58(93)56(91)53(88)26(3)104-70)105-33-11-7-28(8-12-33)59(108-46-23-72(5,75)62(94)27(4)103-46)52-68(100)80-50(69(101)102)35-20-32(84)21-40(86)47(35)34-16-29(9-13-39(34)85)48(65(97)82-52)79-66(98)49(31)78-64(96)38(22-45(74)87)77-67(51)99/h7-14,16-21,25-27,37-38,44,46,48-59,61-62,70-71,76,83-86,88-94H,15,22-24,75H2,1-6H3,(H2,74,87)(H,77,99)(H,78,96)(H,79,98)(H,80,100)(H,81,95)(H,82,97)(H,101,102)/t26?,27?,37?,38?,44?,46?,48?,49?,50?,51?,52?,53?,54-,55?,56?,57?,58?,59-,61?,62?,70?,71?,72?/m1/s1. The van der Waals surface area contributed by atoms with E-state index in [1.54, 1.807) is 0 Å². The molecule has 5 aromatic rings. The molecule has 7 amide bonds. The number of ether oxygens (including phenoxy) is 8. The van der Waals surface area contributed by atoms with Gasteiger partial charge in [0.1, 0.15) is 108 Å². The first-order valence-corrected chi connectivity index (χ1v) is 35.3. The van der Waals surface area contributed by atoms with E-state index in [-0.39, 0.29) is 46.9 Å². The fourth-order valence-corrected chi connectivity index (χ4v) is 14.1. The molecule has 0 aromatic heterocycles. The van der Waals surface area contributed by atoms with Crippen molar-refractivity contribution in [1.82, 2.24) is 37.2 Å². The minimum absolute atomic E-state index is 0.0709. The maximum absolute atomic E-state index is 16.3. The maximum Gasteiger partial charge on any atom is 0.330 e. The second-order valence-corrected chi connectivity index (χ2v) is 28.8. The summed E-state index contributed by atoms with van der Waals surface area (Å²) in [5.74, 6) is -16.0. The average Bonchev–Trinajstić information content (AvgIpc) is 0.763. The van der Waals surface area contributed by atoms with Gasteiger partial charge in [-0.15, -0.1) is 0 Å². The van der Waals surface area contributed by atoms with E-state index in [4.69, 9.17) is 61.0 Å². The molecule has 0 aliphatic carbocycles. The lowest BCUT2D eigenvalue weighted by molar-refractivity contribution is -0.354. The Kier molecular flexibility index (Phi) is 24.5. The second-order valence-electron chi connectivity index (χ2n) is 28.4. The van der Waals surface area contributed by atoms with Crippen LogP contribution in [0.4, 0.5) is 0 Å². The van der Waals surface area contributed by atoms with E-state index < -0.39 is 262 Å². The van der Waals surface area contributed by atoms with Crippen molar-refractivity contribution < 1.29 is 138 Å². The van der Waals surface area contributed by atoms with Gasteiger partial charge in [0.2, 0.25) is 53.4 Å². The molecule has 3 fully saturated rings. The lowest BCUT2D eigenvalue weighted by Gasteiger charge is -2.45. The Labute approximate surface area is 631 Å². The first-order valence-electron chi connectivity index (χ1n) is 34.9. The molecule has 0 radical (unpaired) electrons. The number of fused-ring (bicyclic) bond motifs is 15. The molecule has 38 heteroatoms. The topological polar surface area (TPSA) is 589 Å². The van der Waals surface area contributed by atoms with Gasteiger partial charge < -0.3 is 148 Å². The van der Waals surface area contributed by atoms with Crippen molar-refractivity contribution >= 4 is 58.9 Å². The Hall–Kier alpha value is -9.65.